The molecule has 7 aromatic rings. The molecular weight excluding hydrogens is 568 g/mol. The van der Waals surface area contributed by atoms with E-state index in [1.54, 1.807) is 12.1 Å². The topological polar surface area (TPSA) is 56.5 Å². The van der Waals surface area contributed by atoms with Crippen LogP contribution in [-0.2, 0) is 4.74 Å². The molecule has 0 bridgehead atoms. The van der Waals surface area contributed by atoms with Crippen molar-refractivity contribution in [1.82, 2.24) is 0 Å². The SMILES string of the molecule is C=c1oc(=C)c2cc(-c3cc4c(cc3-c3ccc(-c5ccccc5)cc3)C(=O)OC4=O)c(-c3ccc(-c4ccccc4)cc3)cc12. The highest BCUT2D eigenvalue weighted by Crippen LogP contribution is 2.43. The highest BCUT2D eigenvalue weighted by atomic mass is 16.6. The molecule has 0 fully saturated rings. The molecule has 0 saturated heterocycles. The highest BCUT2D eigenvalue weighted by Gasteiger charge is 2.32. The third kappa shape index (κ3) is 4.56. The van der Waals surface area contributed by atoms with Gasteiger partial charge in [-0.2, -0.15) is 0 Å². The first-order valence-electron chi connectivity index (χ1n) is 15.0. The zero-order chi connectivity index (χ0) is 31.4. The Bertz CT molecular complexity index is 2420. The minimum atomic E-state index is -0.650. The van der Waals surface area contributed by atoms with Gasteiger partial charge in [-0.25, -0.2) is 9.59 Å². The number of rotatable bonds is 5. The van der Waals surface area contributed by atoms with Crippen molar-refractivity contribution in [3.8, 4) is 55.6 Å². The van der Waals surface area contributed by atoms with Gasteiger partial charge in [-0.15, -0.1) is 0 Å². The second-order valence-corrected chi connectivity index (χ2v) is 11.4. The lowest BCUT2D eigenvalue weighted by molar-refractivity contribution is 0.0443. The number of ether oxygens (including phenoxy) is 1. The Morgan fingerprint density at radius 1 is 0.370 bits per heavy atom. The van der Waals surface area contributed by atoms with E-state index in [9.17, 15) is 9.59 Å². The summed E-state index contributed by atoms with van der Waals surface area (Å²) in [6.07, 6.45) is 0. The number of hydrogen-bond donors (Lipinski definition) is 0. The minimum absolute atomic E-state index is 0.245. The molecule has 8 rings (SSSR count). The van der Waals surface area contributed by atoms with E-state index in [0.29, 0.717) is 10.8 Å². The summed E-state index contributed by atoms with van der Waals surface area (Å²) in [5, 5.41) is 1.69. The molecule has 0 N–H and O–H groups in total. The lowest BCUT2D eigenvalue weighted by atomic mass is 9.85. The van der Waals surface area contributed by atoms with Gasteiger partial charge in [0.05, 0.1) is 11.1 Å². The number of furan rings is 1. The molecule has 0 spiro atoms. The van der Waals surface area contributed by atoms with Gasteiger partial charge in [-0.3, -0.25) is 0 Å². The first kappa shape index (κ1) is 27.3. The van der Waals surface area contributed by atoms with E-state index in [1.807, 2.05) is 54.6 Å². The Kier molecular flexibility index (Phi) is 6.36. The maximum atomic E-state index is 12.8. The molecule has 4 nitrogen and oxygen atoms in total. The van der Waals surface area contributed by atoms with Gasteiger partial charge in [-0.05, 0) is 79.9 Å². The Balaban J connectivity index is 1.37. The molecule has 46 heavy (non-hydrogen) atoms. The summed E-state index contributed by atoms with van der Waals surface area (Å²) < 4.78 is 10.9. The molecule has 0 radical (unpaired) electrons. The van der Waals surface area contributed by atoms with Crippen LogP contribution in [0.5, 0.6) is 0 Å². The molecule has 0 unspecified atom stereocenters. The van der Waals surface area contributed by atoms with Crippen LogP contribution in [0.2, 0.25) is 0 Å². The third-order valence-electron chi connectivity index (χ3n) is 8.68. The van der Waals surface area contributed by atoms with Crippen LogP contribution >= 0.6 is 0 Å². The fraction of sp³-hybridized carbons (Fsp3) is 0. The van der Waals surface area contributed by atoms with E-state index >= 15 is 0 Å². The van der Waals surface area contributed by atoms with Gasteiger partial charge >= 0.3 is 11.9 Å². The van der Waals surface area contributed by atoms with Gasteiger partial charge in [0.15, 0.2) is 0 Å². The van der Waals surface area contributed by atoms with Crippen molar-refractivity contribution in [1.29, 1.82) is 0 Å². The van der Waals surface area contributed by atoms with Crippen LogP contribution in [0, 0.1) is 0 Å². The molecular formula is C42H26O4. The average Bonchev–Trinajstić information content (AvgIpc) is 3.55. The maximum absolute atomic E-state index is 12.8. The minimum Gasteiger partial charge on any atom is -0.457 e. The van der Waals surface area contributed by atoms with Gasteiger partial charge in [0.1, 0.15) is 10.8 Å². The third-order valence-corrected chi connectivity index (χ3v) is 8.68. The molecule has 1 aliphatic heterocycles. The average molecular weight is 595 g/mol. The molecule has 0 amide bonds. The quantitative estimate of drug-likeness (QED) is 0.148. The summed E-state index contributed by atoms with van der Waals surface area (Å²) >= 11 is 0. The number of cyclic esters (lactones) is 2. The van der Waals surface area contributed by atoms with Crippen molar-refractivity contribution in [2.45, 2.75) is 0 Å². The lowest BCUT2D eigenvalue weighted by Crippen LogP contribution is -1.98. The monoisotopic (exact) mass is 594 g/mol. The van der Waals surface area contributed by atoms with Crippen molar-refractivity contribution >= 4 is 35.9 Å². The highest BCUT2D eigenvalue weighted by molar-refractivity contribution is 6.17. The van der Waals surface area contributed by atoms with Gasteiger partial charge in [0.25, 0.3) is 0 Å². The van der Waals surface area contributed by atoms with Gasteiger partial charge in [-0.1, -0.05) is 122 Å². The van der Waals surface area contributed by atoms with E-state index in [0.717, 1.165) is 66.4 Å². The van der Waals surface area contributed by atoms with E-state index in [2.05, 4.69) is 79.9 Å². The molecule has 0 aliphatic carbocycles. The van der Waals surface area contributed by atoms with E-state index in [1.165, 1.54) is 0 Å². The number of fused-ring (bicyclic) bond motifs is 2. The predicted molar refractivity (Wildman–Crippen MR) is 183 cm³/mol. The van der Waals surface area contributed by atoms with Crippen molar-refractivity contribution in [2.75, 3.05) is 0 Å². The maximum Gasteiger partial charge on any atom is 0.346 e. The van der Waals surface area contributed by atoms with Crippen LogP contribution in [0.25, 0.3) is 79.6 Å². The Hall–Kier alpha value is -6.26. The Labute approximate surface area is 265 Å². The summed E-state index contributed by atoms with van der Waals surface area (Å²) in [5.74, 6) is -1.29. The Morgan fingerprint density at radius 3 is 1.20 bits per heavy atom. The fourth-order valence-electron chi connectivity index (χ4n) is 6.32. The van der Waals surface area contributed by atoms with Gasteiger partial charge in [0, 0.05) is 10.8 Å². The second kappa shape index (κ2) is 10.7. The van der Waals surface area contributed by atoms with Crippen LogP contribution in [0.1, 0.15) is 20.7 Å². The number of carbonyl (C=O) groups is 2. The number of carbonyl (C=O) groups excluding carboxylic acids is 2. The molecule has 2 heterocycles. The summed E-state index contributed by atoms with van der Waals surface area (Å²) in [6.45, 7) is 8.24. The lowest BCUT2D eigenvalue weighted by Gasteiger charge is -2.17. The summed E-state index contributed by atoms with van der Waals surface area (Å²) in [7, 11) is 0. The zero-order valence-electron chi connectivity index (χ0n) is 24.7. The van der Waals surface area contributed by atoms with Crippen LogP contribution in [-0.4, -0.2) is 11.9 Å². The molecule has 218 valence electrons. The van der Waals surface area contributed by atoms with Crippen molar-refractivity contribution in [2.24, 2.45) is 0 Å². The summed E-state index contributed by atoms with van der Waals surface area (Å²) in [5.41, 5.74) is 11.2. The fourth-order valence-corrected chi connectivity index (χ4v) is 6.32. The van der Waals surface area contributed by atoms with Crippen molar-refractivity contribution in [3.63, 3.8) is 0 Å². The molecule has 0 saturated carbocycles. The van der Waals surface area contributed by atoms with Crippen LogP contribution in [0.15, 0.2) is 138 Å². The normalized spacial score (nSPS) is 12.3. The van der Waals surface area contributed by atoms with Crippen molar-refractivity contribution < 1.29 is 18.7 Å². The van der Waals surface area contributed by atoms with Crippen LogP contribution < -0.4 is 10.8 Å². The number of esters is 2. The first-order valence-corrected chi connectivity index (χ1v) is 15.0. The number of benzene rings is 6. The molecule has 0 atom stereocenters. The largest absolute Gasteiger partial charge is 0.457 e. The Morgan fingerprint density at radius 2 is 0.717 bits per heavy atom. The standard InChI is InChI=1S/C42H26O4/c1-25-33-21-35(31-17-13-29(14-18-31)27-9-5-3-6-10-27)37(22-34(33)26(2)45-25)38-24-40-39(41(43)46-42(40)44)23-36(38)32-19-15-30(16-20-32)28-11-7-4-8-12-28/h3-24H,1-2H2. The van der Waals surface area contributed by atoms with Crippen molar-refractivity contribution in [3.05, 3.63) is 155 Å². The molecule has 4 heteroatoms. The summed E-state index contributed by atoms with van der Waals surface area (Å²) in [6, 6.07) is 44.7. The van der Waals surface area contributed by atoms with Gasteiger partial charge < -0.3 is 9.15 Å². The number of hydrogen-bond acceptors (Lipinski definition) is 4. The zero-order valence-corrected chi connectivity index (χ0v) is 24.7. The van der Waals surface area contributed by atoms with Crippen LogP contribution in [0.3, 0.4) is 0 Å². The van der Waals surface area contributed by atoms with E-state index in [4.69, 9.17) is 9.15 Å². The second-order valence-electron chi connectivity index (χ2n) is 11.4. The molecule has 6 aromatic carbocycles. The summed E-state index contributed by atoms with van der Waals surface area (Å²) in [4.78, 5) is 25.6. The molecule has 1 aliphatic rings. The predicted octanol–water partition coefficient (Wildman–Crippen LogP) is 8.90. The first-order chi connectivity index (χ1) is 22.4. The molecule has 1 aromatic heterocycles. The van der Waals surface area contributed by atoms with Crippen LogP contribution in [0.4, 0.5) is 0 Å². The smallest absolute Gasteiger partial charge is 0.346 e. The van der Waals surface area contributed by atoms with E-state index < -0.39 is 11.9 Å². The van der Waals surface area contributed by atoms with E-state index in [-0.39, 0.29) is 11.1 Å². The van der Waals surface area contributed by atoms with Gasteiger partial charge in [0.2, 0.25) is 0 Å².